The largest absolute Gasteiger partial charge is 0.354 e. The van der Waals surface area contributed by atoms with Crippen LogP contribution in [0.3, 0.4) is 0 Å². The third kappa shape index (κ3) is 2.89. The number of anilines is 1. The molecule has 0 spiro atoms. The minimum atomic E-state index is -0.0245. The third-order valence-corrected chi connectivity index (χ3v) is 4.76. The van der Waals surface area contributed by atoms with E-state index in [0.29, 0.717) is 11.4 Å². The number of H-pyrrole nitrogens is 1. The lowest BCUT2D eigenvalue weighted by Crippen LogP contribution is -2.36. The molecular weight excluding hydrogens is 332 g/mol. The molecule has 1 fully saturated rings. The minimum Gasteiger partial charge on any atom is -0.354 e. The highest BCUT2D eigenvalue weighted by Crippen LogP contribution is 2.30. The Morgan fingerprint density at radius 3 is 2.96 bits per heavy atom. The van der Waals surface area contributed by atoms with Gasteiger partial charge >= 0.3 is 0 Å². The van der Waals surface area contributed by atoms with E-state index in [1.54, 1.807) is 29.8 Å². The molecule has 1 aliphatic rings. The van der Waals surface area contributed by atoms with Crippen LogP contribution < -0.4 is 4.90 Å². The Balaban J connectivity index is 1.59. The van der Waals surface area contributed by atoms with Gasteiger partial charge in [-0.3, -0.25) is 9.89 Å². The number of carbonyl (C=O) groups excluding carboxylic acids is 1. The fraction of sp³-hybridized carbons (Fsp3) is 0.471. The molecule has 9 nitrogen and oxygen atoms in total. The molecule has 3 aromatic rings. The molecule has 1 saturated heterocycles. The van der Waals surface area contributed by atoms with Crippen molar-refractivity contribution in [3.63, 3.8) is 0 Å². The van der Waals surface area contributed by atoms with Crippen molar-refractivity contribution < 1.29 is 4.79 Å². The zero-order chi connectivity index (χ0) is 18.3. The van der Waals surface area contributed by atoms with Gasteiger partial charge in [-0.25, -0.2) is 4.98 Å². The molecule has 1 N–H and O–H groups in total. The first kappa shape index (κ1) is 16.5. The van der Waals surface area contributed by atoms with Gasteiger partial charge in [0.15, 0.2) is 11.5 Å². The second-order valence-corrected chi connectivity index (χ2v) is 6.88. The van der Waals surface area contributed by atoms with Crippen LogP contribution in [-0.2, 0) is 0 Å². The number of nitrogens with one attached hydrogen (secondary N) is 1. The highest BCUT2D eigenvalue weighted by Gasteiger charge is 2.28. The van der Waals surface area contributed by atoms with Crippen molar-refractivity contribution in [3.8, 4) is 0 Å². The van der Waals surface area contributed by atoms with Gasteiger partial charge in [0.05, 0.1) is 17.5 Å². The minimum absolute atomic E-state index is 0.0245. The van der Waals surface area contributed by atoms with E-state index in [1.165, 1.54) is 0 Å². The third-order valence-electron chi connectivity index (χ3n) is 4.76. The van der Waals surface area contributed by atoms with Crippen LogP contribution in [-0.4, -0.2) is 68.0 Å². The predicted molar refractivity (Wildman–Crippen MR) is 96.3 cm³/mol. The molecule has 4 heterocycles. The molecule has 1 unspecified atom stereocenters. The first-order valence-corrected chi connectivity index (χ1v) is 8.73. The molecule has 9 heteroatoms. The Bertz CT molecular complexity index is 943. The topological polar surface area (TPSA) is 95.3 Å². The van der Waals surface area contributed by atoms with E-state index in [1.807, 2.05) is 19.1 Å². The van der Waals surface area contributed by atoms with E-state index < -0.39 is 0 Å². The van der Waals surface area contributed by atoms with E-state index in [9.17, 15) is 4.79 Å². The fourth-order valence-corrected chi connectivity index (χ4v) is 3.49. The molecule has 136 valence electrons. The van der Waals surface area contributed by atoms with E-state index in [-0.39, 0.29) is 11.8 Å². The zero-order valence-corrected chi connectivity index (χ0v) is 15.2. The Kier molecular flexibility index (Phi) is 4.06. The number of aromatic amines is 1. The highest BCUT2D eigenvalue weighted by molar-refractivity contribution is 5.94. The maximum absolute atomic E-state index is 12.4. The van der Waals surface area contributed by atoms with Crippen molar-refractivity contribution in [1.29, 1.82) is 0 Å². The van der Waals surface area contributed by atoms with Gasteiger partial charge in [0.2, 0.25) is 0 Å². The second kappa shape index (κ2) is 6.40. The van der Waals surface area contributed by atoms with Crippen molar-refractivity contribution in [1.82, 2.24) is 34.9 Å². The van der Waals surface area contributed by atoms with Gasteiger partial charge in [0.1, 0.15) is 5.82 Å². The summed E-state index contributed by atoms with van der Waals surface area (Å²) in [5.41, 5.74) is 2.30. The second-order valence-electron chi connectivity index (χ2n) is 6.88. The molecule has 26 heavy (non-hydrogen) atoms. The molecule has 3 aromatic heterocycles. The quantitative estimate of drug-likeness (QED) is 0.760. The highest BCUT2D eigenvalue weighted by atomic mass is 16.2. The Hall–Kier alpha value is -2.97. The zero-order valence-electron chi connectivity index (χ0n) is 15.2. The number of aryl methyl sites for hydroxylation is 1. The maximum Gasteiger partial charge on any atom is 0.256 e. The van der Waals surface area contributed by atoms with E-state index in [4.69, 9.17) is 0 Å². The van der Waals surface area contributed by atoms with Crippen LogP contribution >= 0.6 is 0 Å². The summed E-state index contributed by atoms with van der Waals surface area (Å²) < 4.78 is 1.57. The Morgan fingerprint density at radius 1 is 1.31 bits per heavy atom. The molecule has 0 bridgehead atoms. The smallest absolute Gasteiger partial charge is 0.256 e. The molecule has 4 rings (SSSR count). The number of hydrogen-bond donors (Lipinski definition) is 1. The van der Waals surface area contributed by atoms with Crippen LogP contribution in [0.5, 0.6) is 0 Å². The van der Waals surface area contributed by atoms with Gasteiger partial charge in [0.25, 0.3) is 5.91 Å². The number of carbonyl (C=O) groups is 1. The summed E-state index contributed by atoms with van der Waals surface area (Å²) in [6.07, 6.45) is 3.66. The molecular formula is C17H22N8O. The van der Waals surface area contributed by atoms with Gasteiger partial charge in [0, 0.05) is 33.1 Å². The van der Waals surface area contributed by atoms with Crippen molar-refractivity contribution in [2.24, 2.45) is 0 Å². The number of rotatable bonds is 3. The van der Waals surface area contributed by atoms with Gasteiger partial charge < -0.3 is 9.80 Å². The summed E-state index contributed by atoms with van der Waals surface area (Å²) in [4.78, 5) is 20.5. The van der Waals surface area contributed by atoms with E-state index in [0.717, 1.165) is 43.1 Å². The number of nitrogens with zero attached hydrogens (tertiary/aromatic N) is 7. The van der Waals surface area contributed by atoms with E-state index >= 15 is 0 Å². The monoisotopic (exact) mass is 354 g/mol. The molecule has 1 aliphatic heterocycles. The van der Waals surface area contributed by atoms with Crippen LogP contribution in [0.4, 0.5) is 5.82 Å². The molecule has 0 aromatic carbocycles. The summed E-state index contributed by atoms with van der Waals surface area (Å²) in [5, 5.41) is 16.0. The van der Waals surface area contributed by atoms with Gasteiger partial charge in [-0.05, 0) is 31.9 Å². The van der Waals surface area contributed by atoms with Crippen LogP contribution in [0.25, 0.3) is 5.65 Å². The van der Waals surface area contributed by atoms with Crippen molar-refractivity contribution in [2.75, 3.05) is 32.1 Å². The summed E-state index contributed by atoms with van der Waals surface area (Å²) in [7, 11) is 3.51. The Morgan fingerprint density at radius 2 is 2.15 bits per heavy atom. The van der Waals surface area contributed by atoms with Gasteiger partial charge in [-0.15, -0.1) is 14.8 Å². The van der Waals surface area contributed by atoms with Crippen molar-refractivity contribution >= 4 is 17.4 Å². The fourth-order valence-electron chi connectivity index (χ4n) is 3.49. The first-order valence-electron chi connectivity index (χ1n) is 8.73. The molecule has 1 amide bonds. The lowest BCUT2D eigenvalue weighted by molar-refractivity contribution is 0.0826. The lowest BCUT2D eigenvalue weighted by Gasteiger charge is -2.33. The number of hydrogen-bond acceptors (Lipinski definition) is 6. The van der Waals surface area contributed by atoms with Crippen LogP contribution in [0, 0.1) is 6.92 Å². The summed E-state index contributed by atoms with van der Waals surface area (Å²) in [5.74, 6) is 1.76. The lowest BCUT2D eigenvalue weighted by atomic mass is 9.92. The number of aromatic nitrogens is 6. The number of amides is 1. The van der Waals surface area contributed by atoms with Crippen LogP contribution in [0.1, 0.15) is 40.6 Å². The average molecular weight is 354 g/mol. The van der Waals surface area contributed by atoms with Crippen molar-refractivity contribution in [2.45, 2.75) is 25.7 Å². The first-order chi connectivity index (χ1) is 12.5. The number of fused-ring (bicyclic) bond motifs is 1. The molecule has 0 saturated carbocycles. The molecule has 0 radical (unpaired) electrons. The maximum atomic E-state index is 12.4. The Labute approximate surface area is 151 Å². The SMILES string of the molecule is Cc1nc2ccc(N3CCCC(c4[nH]ncc4C(=O)N(C)C)C3)nn2n1. The van der Waals surface area contributed by atoms with Gasteiger partial charge in [-0.1, -0.05) is 0 Å². The van der Waals surface area contributed by atoms with Crippen LogP contribution in [0.2, 0.25) is 0 Å². The molecule has 1 atom stereocenters. The summed E-state index contributed by atoms with van der Waals surface area (Å²) in [6.45, 7) is 3.56. The van der Waals surface area contributed by atoms with E-state index in [2.05, 4.69) is 30.3 Å². The predicted octanol–water partition coefficient (Wildman–Crippen LogP) is 1.24. The summed E-state index contributed by atoms with van der Waals surface area (Å²) in [6, 6.07) is 3.91. The van der Waals surface area contributed by atoms with Gasteiger partial charge in [-0.2, -0.15) is 5.10 Å². The van der Waals surface area contributed by atoms with Crippen LogP contribution in [0.15, 0.2) is 18.3 Å². The van der Waals surface area contributed by atoms with Crippen molar-refractivity contribution in [3.05, 3.63) is 35.4 Å². The number of piperidine rings is 1. The average Bonchev–Trinajstić information content (AvgIpc) is 3.25. The molecule has 0 aliphatic carbocycles. The summed E-state index contributed by atoms with van der Waals surface area (Å²) >= 11 is 0. The standard InChI is InChI=1S/C17H22N8O/c1-11-19-14-6-7-15(22-25(14)21-11)24-8-4-5-12(10-24)16-13(9-18-20-16)17(26)23(2)3/h6-7,9,12H,4-5,8,10H2,1-3H3,(H,18,20). The normalized spacial score (nSPS) is 17.7.